The normalized spacial score (nSPS) is 11.3. The van der Waals surface area contributed by atoms with Crippen LogP contribution >= 0.6 is 0 Å². The fourth-order valence-corrected chi connectivity index (χ4v) is 0.746. The van der Waals surface area contributed by atoms with Crippen LogP contribution in [0.25, 0.3) is 0 Å². The van der Waals surface area contributed by atoms with Crippen LogP contribution in [0.3, 0.4) is 0 Å². The van der Waals surface area contributed by atoms with Crippen LogP contribution in [0.5, 0.6) is 0 Å². The lowest BCUT2D eigenvalue weighted by atomic mass is 10.2. The van der Waals surface area contributed by atoms with Gasteiger partial charge in [-0.2, -0.15) is 0 Å². The van der Waals surface area contributed by atoms with Gasteiger partial charge in [0.2, 0.25) is 0 Å². The molecule has 0 aliphatic carbocycles. The van der Waals surface area contributed by atoms with Gasteiger partial charge in [-0.15, -0.1) is 0 Å². The van der Waals surface area contributed by atoms with E-state index in [0.29, 0.717) is 24.7 Å². The highest BCUT2D eigenvalue weighted by atomic mass is 16.1. The van der Waals surface area contributed by atoms with E-state index < -0.39 is 0 Å². The Morgan fingerprint density at radius 2 is 2.08 bits per heavy atom. The van der Waals surface area contributed by atoms with E-state index >= 15 is 0 Å². The number of hydrogen-bond acceptors (Lipinski definition) is 2. The number of hydrogen-bond donors (Lipinski definition) is 1. The molecule has 0 aliphatic heterocycles. The number of ketones is 1. The molecule has 2 nitrogen and oxygen atoms in total. The predicted molar refractivity (Wildman–Crippen MR) is 52.2 cm³/mol. The van der Waals surface area contributed by atoms with Crippen molar-refractivity contribution >= 4 is 5.78 Å². The molecule has 0 saturated heterocycles. The van der Waals surface area contributed by atoms with Gasteiger partial charge in [0.15, 0.2) is 0 Å². The Hall–Kier alpha value is -0.630. The van der Waals surface area contributed by atoms with E-state index in [4.69, 9.17) is 0 Å². The van der Waals surface area contributed by atoms with Crippen LogP contribution in [0, 0.1) is 0 Å². The number of nitrogens with one attached hydrogen (secondary N) is 1. The number of carbonyl (C=O) groups excluding carboxylic acids is 1. The van der Waals surface area contributed by atoms with Gasteiger partial charge in [-0.05, 0) is 0 Å². The van der Waals surface area contributed by atoms with Crippen LogP contribution < -0.4 is 5.32 Å². The maximum atomic E-state index is 10.8. The summed E-state index contributed by atoms with van der Waals surface area (Å²) in [6.07, 6.45) is 5.16. The molecule has 0 bridgehead atoms. The Balaban J connectivity index is 3.31. The molecule has 1 N–H and O–H groups in total. The summed E-state index contributed by atoms with van der Waals surface area (Å²) in [5.74, 6) is 0.302. The van der Waals surface area contributed by atoms with Gasteiger partial charge >= 0.3 is 0 Å². The van der Waals surface area contributed by atoms with E-state index in [1.54, 1.807) is 0 Å². The topological polar surface area (TPSA) is 29.1 Å². The lowest BCUT2D eigenvalue weighted by Gasteiger charge is -2.02. The summed E-state index contributed by atoms with van der Waals surface area (Å²) in [6, 6.07) is 0.511. The second-order valence-corrected chi connectivity index (χ2v) is 3.13. The van der Waals surface area contributed by atoms with Crippen molar-refractivity contribution in [2.75, 3.05) is 6.54 Å². The van der Waals surface area contributed by atoms with Crippen LogP contribution in [0.2, 0.25) is 0 Å². The van der Waals surface area contributed by atoms with E-state index in [2.05, 4.69) is 19.2 Å². The quantitative estimate of drug-likeness (QED) is 0.615. The van der Waals surface area contributed by atoms with Crippen molar-refractivity contribution < 1.29 is 4.79 Å². The highest BCUT2D eigenvalue weighted by molar-refractivity contribution is 5.79. The maximum Gasteiger partial charge on any atom is 0.136 e. The molecule has 0 aromatic carbocycles. The minimum absolute atomic E-state index is 0.302. The summed E-state index contributed by atoms with van der Waals surface area (Å²) in [5, 5.41) is 3.24. The molecule has 0 aromatic heterocycles. The molecule has 0 aliphatic rings. The number of allylic oxidation sites excluding steroid dienone is 1. The van der Waals surface area contributed by atoms with Crippen LogP contribution in [0.1, 0.15) is 33.6 Å². The summed E-state index contributed by atoms with van der Waals surface area (Å²) < 4.78 is 0. The molecule has 12 heavy (non-hydrogen) atoms. The zero-order valence-electron chi connectivity index (χ0n) is 8.26. The molecule has 0 radical (unpaired) electrons. The van der Waals surface area contributed by atoms with Crippen LogP contribution in [-0.2, 0) is 4.79 Å². The summed E-state index contributed by atoms with van der Waals surface area (Å²) in [6.45, 7) is 6.95. The lowest BCUT2D eigenvalue weighted by molar-refractivity contribution is -0.117. The summed E-state index contributed by atoms with van der Waals surface area (Å²) >= 11 is 0. The van der Waals surface area contributed by atoms with Crippen LogP contribution in [0.15, 0.2) is 12.2 Å². The third-order valence-corrected chi connectivity index (χ3v) is 1.55. The van der Waals surface area contributed by atoms with Gasteiger partial charge < -0.3 is 5.32 Å². The minimum Gasteiger partial charge on any atom is -0.311 e. The van der Waals surface area contributed by atoms with Gasteiger partial charge in [0, 0.05) is 25.4 Å². The second-order valence-electron chi connectivity index (χ2n) is 3.13. The van der Waals surface area contributed by atoms with Gasteiger partial charge in [0.05, 0.1) is 0 Å². The molecule has 0 saturated carbocycles. The molecule has 0 aromatic rings. The van der Waals surface area contributed by atoms with Gasteiger partial charge in [-0.25, -0.2) is 0 Å². The standard InChI is InChI=1S/C10H19NO/c1-4-10(12)7-5-6-8-11-9(2)3/h5-6,9,11H,4,7-8H2,1-3H3/b6-5+. The first-order chi connectivity index (χ1) is 5.66. The Morgan fingerprint density at radius 3 is 2.58 bits per heavy atom. The Morgan fingerprint density at radius 1 is 1.42 bits per heavy atom. The van der Waals surface area contributed by atoms with Crippen molar-refractivity contribution in [1.29, 1.82) is 0 Å². The van der Waals surface area contributed by atoms with Gasteiger partial charge in [-0.3, -0.25) is 4.79 Å². The minimum atomic E-state index is 0.302. The van der Waals surface area contributed by atoms with Crippen molar-refractivity contribution in [3.63, 3.8) is 0 Å². The zero-order chi connectivity index (χ0) is 9.40. The molecule has 0 amide bonds. The van der Waals surface area contributed by atoms with Crippen molar-refractivity contribution in [3.8, 4) is 0 Å². The van der Waals surface area contributed by atoms with Crippen molar-refractivity contribution in [3.05, 3.63) is 12.2 Å². The summed E-state index contributed by atoms with van der Waals surface area (Å²) in [4.78, 5) is 10.8. The highest BCUT2D eigenvalue weighted by Gasteiger charge is 1.92. The SMILES string of the molecule is CCC(=O)C/C=C/CNC(C)C. The number of Topliss-reactive ketones (excluding diaryl/α,β-unsaturated/α-hetero) is 1. The smallest absolute Gasteiger partial charge is 0.136 e. The molecule has 0 atom stereocenters. The molecular weight excluding hydrogens is 150 g/mol. The average Bonchev–Trinajstić information content (AvgIpc) is 2.03. The van der Waals surface area contributed by atoms with E-state index in [1.165, 1.54) is 0 Å². The monoisotopic (exact) mass is 169 g/mol. The molecule has 0 unspecified atom stereocenters. The Kier molecular flexibility index (Phi) is 6.67. The van der Waals surface area contributed by atoms with Crippen molar-refractivity contribution in [1.82, 2.24) is 5.32 Å². The van der Waals surface area contributed by atoms with Crippen molar-refractivity contribution in [2.24, 2.45) is 0 Å². The fraction of sp³-hybridized carbons (Fsp3) is 0.700. The third-order valence-electron chi connectivity index (χ3n) is 1.55. The largest absolute Gasteiger partial charge is 0.311 e. The average molecular weight is 169 g/mol. The lowest BCUT2D eigenvalue weighted by Crippen LogP contribution is -2.22. The Bertz CT molecular complexity index is 150. The first-order valence-electron chi connectivity index (χ1n) is 4.57. The number of carbonyl (C=O) groups is 1. The van der Waals surface area contributed by atoms with Crippen LogP contribution in [0.4, 0.5) is 0 Å². The molecule has 70 valence electrons. The zero-order valence-corrected chi connectivity index (χ0v) is 8.26. The summed E-state index contributed by atoms with van der Waals surface area (Å²) in [5.41, 5.74) is 0. The molecule has 0 heterocycles. The Labute approximate surface area is 75.0 Å². The molecule has 0 rings (SSSR count). The number of rotatable bonds is 6. The fourth-order valence-electron chi connectivity index (χ4n) is 0.746. The van der Waals surface area contributed by atoms with E-state index in [9.17, 15) is 4.79 Å². The second kappa shape index (κ2) is 7.04. The van der Waals surface area contributed by atoms with E-state index in [1.807, 2.05) is 19.1 Å². The van der Waals surface area contributed by atoms with E-state index in [-0.39, 0.29) is 0 Å². The van der Waals surface area contributed by atoms with Crippen molar-refractivity contribution in [2.45, 2.75) is 39.7 Å². The first kappa shape index (κ1) is 11.4. The van der Waals surface area contributed by atoms with Crippen LogP contribution in [-0.4, -0.2) is 18.4 Å². The molecule has 2 heteroatoms. The van der Waals surface area contributed by atoms with Gasteiger partial charge in [0.25, 0.3) is 0 Å². The van der Waals surface area contributed by atoms with E-state index in [0.717, 1.165) is 6.54 Å². The summed E-state index contributed by atoms with van der Waals surface area (Å²) in [7, 11) is 0. The first-order valence-corrected chi connectivity index (χ1v) is 4.57. The molecular formula is C10H19NO. The maximum absolute atomic E-state index is 10.8. The van der Waals surface area contributed by atoms with Gasteiger partial charge in [0.1, 0.15) is 5.78 Å². The molecule has 0 fully saturated rings. The highest BCUT2D eigenvalue weighted by Crippen LogP contribution is 1.89. The van der Waals surface area contributed by atoms with Gasteiger partial charge in [-0.1, -0.05) is 32.9 Å². The molecule has 0 spiro atoms. The third kappa shape index (κ3) is 7.48. The predicted octanol–water partition coefficient (Wildman–Crippen LogP) is 1.91.